The number of aryl methyl sites for hydroxylation is 2. The second kappa shape index (κ2) is 5.72. The number of benzene rings is 1. The Bertz CT molecular complexity index is 865. The smallest absolute Gasteiger partial charge is 0.335 e. The molecule has 0 aliphatic carbocycles. The van der Waals surface area contributed by atoms with Crippen molar-refractivity contribution in [1.29, 1.82) is 0 Å². The summed E-state index contributed by atoms with van der Waals surface area (Å²) in [5.41, 5.74) is 7.67. The molecule has 1 aliphatic rings. The van der Waals surface area contributed by atoms with Crippen LogP contribution in [0.1, 0.15) is 39.8 Å². The Morgan fingerprint density at radius 3 is 2.43 bits per heavy atom. The molecule has 23 heavy (non-hydrogen) atoms. The Labute approximate surface area is 134 Å². The fraction of sp³-hybridized carbons (Fsp3) is 0.158. The summed E-state index contributed by atoms with van der Waals surface area (Å²) in [6.45, 7) is 6.13. The summed E-state index contributed by atoms with van der Waals surface area (Å²) in [5, 5.41) is 8.98. The molecule has 4 heteroatoms. The number of hydrogen-bond donors (Lipinski definition) is 2. The lowest BCUT2D eigenvalue weighted by atomic mass is 10.0. The van der Waals surface area contributed by atoms with Crippen molar-refractivity contribution in [3.63, 3.8) is 0 Å². The molecular weight excluding hydrogens is 288 g/mol. The van der Waals surface area contributed by atoms with Crippen LogP contribution in [0.3, 0.4) is 0 Å². The number of H-pyrrole nitrogens is 1. The molecule has 0 radical (unpaired) electrons. The van der Waals surface area contributed by atoms with Gasteiger partial charge in [-0.05, 0) is 61.7 Å². The number of hydrogen-bond acceptors (Lipinski definition) is 2. The number of allylic oxidation sites excluding steroid dienone is 2. The van der Waals surface area contributed by atoms with Gasteiger partial charge in [0.2, 0.25) is 0 Å². The second-order valence-corrected chi connectivity index (χ2v) is 5.76. The molecule has 2 heterocycles. The van der Waals surface area contributed by atoms with E-state index in [9.17, 15) is 4.79 Å². The van der Waals surface area contributed by atoms with Crippen LogP contribution in [0, 0.1) is 13.8 Å². The van der Waals surface area contributed by atoms with E-state index in [2.05, 4.69) is 23.0 Å². The molecule has 0 bridgehead atoms. The van der Waals surface area contributed by atoms with E-state index in [0.29, 0.717) is 0 Å². The number of aromatic nitrogens is 1. The maximum absolute atomic E-state index is 10.9. The largest absolute Gasteiger partial charge is 0.478 e. The van der Waals surface area contributed by atoms with E-state index in [1.165, 1.54) is 5.56 Å². The van der Waals surface area contributed by atoms with E-state index in [1.807, 2.05) is 38.3 Å². The molecule has 0 unspecified atom stereocenters. The Balaban J connectivity index is 1.95. The Morgan fingerprint density at radius 2 is 1.87 bits per heavy atom. The highest BCUT2D eigenvalue weighted by atomic mass is 16.4. The number of aromatic carboxylic acids is 1. The maximum atomic E-state index is 10.9. The van der Waals surface area contributed by atoms with E-state index in [1.54, 1.807) is 12.1 Å². The number of nitrogens with zero attached hydrogens (tertiary/aromatic N) is 1. The average molecular weight is 306 g/mol. The van der Waals surface area contributed by atoms with E-state index >= 15 is 0 Å². The molecule has 0 fully saturated rings. The summed E-state index contributed by atoms with van der Waals surface area (Å²) < 4.78 is 0. The van der Waals surface area contributed by atoms with Gasteiger partial charge < -0.3 is 10.1 Å². The van der Waals surface area contributed by atoms with Gasteiger partial charge in [0, 0.05) is 23.2 Å². The first-order chi connectivity index (χ1) is 11.0. The third-order valence-corrected chi connectivity index (χ3v) is 4.03. The first-order valence-corrected chi connectivity index (χ1v) is 7.42. The van der Waals surface area contributed by atoms with Gasteiger partial charge in [0.15, 0.2) is 0 Å². The summed E-state index contributed by atoms with van der Waals surface area (Å²) in [6.07, 6.45) is 3.88. The molecule has 1 aliphatic heterocycles. The highest BCUT2D eigenvalue weighted by molar-refractivity contribution is 6.15. The number of rotatable bonds is 3. The summed E-state index contributed by atoms with van der Waals surface area (Å²) in [4.78, 5) is 18.8. The van der Waals surface area contributed by atoms with Crippen molar-refractivity contribution in [3.8, 4) is 0 Å². The van der Waals surface area contributed by atoms with Gasteiger partial charge in [-0.3, -0.25) is 4.99 Å². The van der Waals surface area contributed by atoms with E-state index in [-0.39, 0.29) is 5.56 Å². The minimum absolute atomic E-state index is 0.287. The molecule has 3 rings (SSSR count). The first kappa shape index (κ1) is 15.0. The molecule has 0 saturated heterocycles. The molecule has 0 amide bonds. The molecule has 116 valence electrons. The van der Waals surface area contributed by atoms with Gasteiger partial charge in [0.1, 0.15) is 0 Å². The summed E-state index contributed by atoms with van der Waals surface area (Å²) in [7, 11) is 0. The summed E-state index contributed by atoms with van der Waals surface area (Å²) in [5.74, 6) is -0.916. The van der Waals surface area contributed by atoms with Crippen LogP contribution in [0.4, 0.5) is 0 Å². The Hall–Kier alpha value is -2.88. The number of carboxylic acid groups (broad SMARTS) is 1. The molecule has 1 aromatic heterocycles. The maximum Gasteiger partial charge on any atom is 0.335 e. The normalized spacial score (nSPS) is 15.7. The zero-order valence-corrected chi connectivity index (χ0v) is 13.3. The summed E-state index contributed by atoms with van der Waals surface area (Å²) >= 11 is 0. The molecule has 4 nitrogen and oxygen atoms in total. The van der Waals surface area contributed by atoms with Crippen LogP contribution in [0.25, 0.3) is 11.6 Å². The molecule has 0 spiro atoms. The lowest BCUT2D eigenvalue weighted by molar-refractivity contribution is 0.0697. The van der Waals surface area contributed by atoms with Gasteiger partial charge in [0.25, 0.3) is 0 Å². The van der Waals surface area contributed by atoms with Crippen molar-refractivity contribution in [3.05, 3.63) is 69.7 Å². The van der Waals surface area contributed by atoms with E-state index in [0.717, 1.165) is 33.8 Å². The van der Waals surface area contributed by atoms with Crippen molar-refractivity contribution < 1.29 is 9.90 Å². The lowest BCUT2D eigenvalue weighted by Gasteiger charge is -2.03. The number of aliphatic imine (C=N–C) groups is 1. The first-order valence-electron chi connectivity index (χ1n) is 7.42. The third kappa shape index (κ3) is 2.88. The minimum atomic E-state index is -0.916. The standard InChI is InChI=1S/C19H18N2O2/c1-11-8-12(2)21-17(11)9-18-13(3)16(10-20-18)14-4-6-15(7-5-14)19(22)23/h4-10,21H,1-3H3,(H,22,23)/b18-9-. The number of carbonyl (C=O) groups is 1. The third-order valence-electron chi connectivity index (χ3n) is 4.03. The van der Waals surface area contributed by atoms with Crippen molar-refractivity contribution in [1.82, 2.24) is 4.98 Å². The van der Waals surface area contributed by atoms with Crippen LogP contribution in [0.2, 0.25) is 0 Å². The number of nitrogens with one attached hydrogen (secondary N) is 1. The lowest BCUT2D eigenvalue weighted by Crippen LogP contribution is -1.96. The van der Waals surface area contributed by atoms with Crippen molar-refractivity contribution in [2.75, 3.05) is 0 Å². The summed E-state index contributed by atoms with van der Waals surface area (Å²) in [6, 6.07) is 8.98. The highest BCUT2D eigenvalue weighted by Crippen LogP contribution is 2.30. The van der Waals surface area contributed by atoms with E-state index in [4.69, 9.17) is 5.11 Å². The van der Waals surface area contributed by atoms with Crippen LogP contribution in [-0.2, 0) is 0 Å². The molecule has 0 saturated carbocycles. The zero-order valence-electron chi connectivity index (χ0n) is 13.3. The second-order valence-electron chi connectivity index (χ2n) is 5.76. The fourth-order valence-corrected chi connectivity index (χ4v) is 2.73. The van der Waals surface area contributed by atoms with Gasteiger partial charge >= 0.3 is 5.97 Å². The topological polar surface area (TPSA) is 65.4 Å². The zero-order chi connectivity index (χ0) is 16.6. The molecule has 2 N–H and O–H groups in total. The highest BCUT2D eigenvalue weighted by Gasteiger charge is 2.15. The van der Waals surface area contributed by atoms with Crippen molar-refractivity contribution in [2.24, 2.45) is 4.99 Å². The predicted octanol–water partition coefficient (Wildman–Crippen LogP) is 4.23. The van der Waals surface area contributed by atoms with Gasteiger partial charge in [-0.25, -0.2) is 4.79 Å². The van der Waals surface area contributed by atoms with Gasteiger partial charge in [-0.1, -0.05) is 12.1 Å². The number of carboxylic acids is 1. The monoisotopic (exact) mass is 306 g/mol. The van der Waals surface area contributed by atoms with Crippen LogP contribution in [0.5, 0.6) is 0 Å². The van der Waals surface area contributed by atoms with Crippen molar-refractivity contribution >= 4 is 23.8 Å². The van der Waals surface area contributed by atoms with Crippen molar-refractivity contribution in [2.45, 2.75) is 20.8 Å². The molecule has 0 atom stereocenters. The average Bonchev–Trinajstić information content (AvgIpc) is 3.03. The minimum Gasteiger partial charge on any atom is -0.478 e. The Morgan fingerprint density at radius 1 is 1.17 bits per heavy atom. The van der Waals surface area contributed by atoms with Crippen LogP contribution in [-0.4, -0.2) is 22.3 Å². The molecule has 2 aromatic rings. The van der Waals surface area contributed by atoms with Gasteiger partial charge in [0.05, 0.1) is 11.3 Å². The number of aromatic amines is 1. The molecule has 1 aromatic carbocycles. The van der Waals surface area contributed by atoms with Crippen LogP contribution >= 0.6 is 0 Å². The van der Waals surface area contributed by atoms with Crippen LogP contribution in [0.15, 0.2) is 46.6 Å². The van der Waals surface area contributed by atoms with Gasteiger partial charge in [-0.2, -0.15) is 0 Å². The van der Waals surface area contributed by atoms with Crippen LogP contribution < -0.4 is 0 Å². The predicted molar refractivity (Wildman–Crippen MR) is 92.7 cm³/mol. The molecular formula is C19H18N2O2. The SMILES string of the molecule is CC1=C(c2ccc(C(=O)O)cc2)C=N/C1=C\c1[nH]c(C)cc1C. The fourth-order valence-electron chi connectivity index (χ4n) is 2.73. The van der Waals surface area contributed by atoms with Gasteiger partial charge in [-0.15, -0.1) is 0 Å². The quantitative estimate of drug-likeness (QED) is 0.891. The van der Waals surface area contributed by atoms with E-state index < -0.39 is 5.97 Å². The Kier molecular flexibility index (Phi) is 3.74.